The maximum Gasteiger partial charge on any atom is 0.263 e. The second kappa shape index (κ2) is 5.36. The van der Waals surface area contributed by atoms with E-state index in [2.05, 4.69) is 25.6 Å². The molecule has 0 aliphatic heterocycles. The molecule has 0 aliphatic carbocycles. The highest BCUT2D eigenvalue weighted by Gasteiger charge is 2.16. The van der Waals surface area contributed by atoms with E-state index in [-0.39, 0.29) is 16.3 Å². The van der Waals surface area contributed by atoms with E-state index in [0.717, 1.165) is 0 Å². The third-order valence-electron chi connectivity index (χ3n) is 2.25. The first-order valence-electron chi connectivity index (χ1n) is 5.07. The fourth-order valence-electron chi connectivity index (χ4n) is 1.37. The molecular formula is C11H9BrClN3O2S. The second-order valence-corrected chi connectivity index (χ2v) is 6.71. The Morgan fingerprint density at radius 1 is 1.26 bits per heavy atom. The van der Waals surface area contributed by atoms with Gasteiger partial charge in [0.15, 0.2) is 0 Å². The first-order chi connectivity index (χ1) is 8.88. The minimum absolute atomic E-state index is 0.0382. The van der Waals surface area contributed by atoms with E-state index in [4.69, 9.17) is 17.3 Å². The predicted octanol–water partition coefficient (Wildman–Crippen LogP) is 2.88. The van der Waals surface area contributed by atoms with Crippen molar-refractivity contribution in [1.82, 2.24) is 4.98 Å². The van der Waals surface area contributed by atoms with Crippen molar-refractivity contribution in [2.45, 2.75) is 4.90 Å². The van der Waals surface area contributed by atoms with E-state index in [1.807, 2.05) is 0 Å². The maximum absolute atomic E-state index is 12.1. The minimum atomic E-state index is -3.74. The summed E-state index contributed by atoms with van der Waals surface area (Å²) in [5.41, 5.74) is 6.22. The van der Waals surface area contributed by atoms with Crippen LogP contribution in [0.1, 0.15) is 0 Å². The summed E-state index contributed by atoms with van der Waals surface area (Å²) in [6, 6.07) is 5.97. The molecule has 0 fully saturated rings. The Morgan fingerprint density at radius 3 is 2.63 bits per heavy atom. The zero-order chi connectivity index (χ0) is 14.0. The van der Waals surface area contributed by atoms with Gasteiger partial charge in [-0.15, -0.1) is 0 Å². The molecule has 0 radical (unpaired) electrons. The molecule has 0 saturated carbocycles. The number of benzene rings is 1. The molecule has 0 bridgehead atoms. The van der Waals surface area contributed by atoms with Gasteiger partial charge in [-0.25, -0.2) is 8.42 Å². The van der Waals surface area contributed by atoms with Crippen molar-refractivity contribution in [3.05, 3.63) is 46.2 Å². The number of nitrogen functional groups attached to an aromatic ring is 1. The van der Waals surface area contributed by atoms with Gasteiger partial charge < -0.3 is 5.73 Å². The zero-order valence-electron chi connectivity index (χ0n) is 9.47. The lowest BCUT2D eigenvalue weighted by molar-refractivity contribution is 0.600. The molecule has 2 aromatic rings. The highest BCUT2D eigenvalue weighted by atomic mass is 79.9. The Kier molecular flexibility index (Phi) is 3.98. The number of hydrogen-bond acceptors (Lipinski definition) is 4. The third kappa shape index (κ3) is 3.37. The Bertz CT molecular complexity index is 722. The summed E-state index contributed by atoms with van der Waals surface area (Å²) >= 11 is 8.92. The Labute approximate surface area is 124 Å². The van der Waals surface area contributed by atoms with Gasteiger partial charge in [0.05, 0.1) is 11.4 Å². The van der Waals surface area contributed by atoms with E-state index in [9.17, 15) is 8.42 Å². The number of anilines is 2. The fraction of sp³-hybridized carbons (Fsp3) is 0. The fourth-order valence-corrected chi connectivity index (χ4v) is 3.14. The quantitative estimate of drug-likeness (QED) is 0.822. The molecule has 1 heterocycles. The number of aromatic nitrogens is 1. The Balaban J connectivity index is 2.36. The van der Waals surface area contributed by atoms with Crippen molar-refractivity contribution in [3.63, 3.8) is 0 Å². The molecule has 0 unspecified atom stereocenters. The number of sulfonamides is 1. The number of rotatable bonds is 3. The van der Waals surface area contributed by atoms with Crippen LogP contribution in [0.4, 0.5) is 11.4 Å². The van der Waals surface area contributed by atoms with Crippen molar-refractivity contribution in [3.8, 4) is 0 Å². The van der Waals surface area contributed by atoms with Crippen molar-refractivity contribution in [2.24, 2.45) is 0 Å². The molecule has 8 heteroatoms. The molecule has 0 aliphatic rings. The monoisotopic (exact) mass is 361 g/mol. The lowest BCUT2D eigenvalue weighted by atomic mass is 10.3. The van der Waals surface area contributed by atoms with Crippen LogP contribution in [0.15, 0.2) is 46.0 Å². The normalized spacial score (nSPS) is 11.3. The molecule has 1 aromatic heterocycles. The van der Waals surface area contributed by atoms with E-state index in [0.29, 0.717) is 9.50 Å². The van der Waals surface area contributed by atoms with Crippen LogP contribution in [0.3, 0.4) is 0 Å². The van der Waals surface area contributed by atoms with Crippen LogP contribution in [0.25, 0.3) is 0 Å². The maximum atomic E-state index is 12.1. The highest BCUT2D eigenvalue weighted by molar-refractivity contribution is 9.10. The predicted molar refractivity (Wildman–Crippen MR) is 78.6 cm³/mol. The molecule has 1 aromatic carbocycles. The van der Waals surface area contributed by atoms with Gasteiger partial charge in [-0.1, -0.05) is 11.6 Å². The van der Waals surface area contributed by atoms with Gasteiger partial charge in [0.2, 0.25) is 0 Å². The van der Waals surface area contributed by atoms with Crippen molar-refractivity contribution in [2.75, 3.05) is 10.5 Å². The Morgan fingerprint density at radius 2 is 2.00 bits per heavy atom. The molecule has 19 heavy (non-hydrogen) atoms. The molecule has 0 atom stereocenters. The summed E-state index contributed by atoms with van der Waals surface area (Å²) in [5, 5.41) is 0.435. The van der Waals surface area contributed by atoms with Gasteiger partial charge in [-0.2, -0.15) is 0 Å². The van der Waals surface area contributed by atoms with Gasteiger partial charge in [0.25, 0.3) is 10.0 Å². The summed E-state index contributed by atoms with van der Waals surface area (Å²) in [6.45, 7) is 0. The molecule has 0 amide bonds. The molecule has 2 rings (SSSR count). The van der Waals surface area contributed by atoms with Gasteiger partial charge in [-0.05, 0) is 40.2 Å². The molecule has 0 spiro atoms. The van der Waals surface area contributed by atoms with Crippen molar-refractivity contribution >= 4 is 48.9 Å². The van der Waals surface area contributed by atoms with Crippen LogP contribution in [-0.2, 0) is 10.0 Å². The van der Waals surface area contributed by atoms with E-state index in [1.165, 1.54) is 30.6 Å². The number of nitrogens with two attached hydrogens (primary N) is 1. The van der Waals surface area contributed by atoms with E-state index in [1.54, 1.807) is 6.07 Å². The lowest BCUT2D eigenvalue weighted by Crippen LogP contribution is -2.14. The summed E-state index contributed by atoms with van der Waals surface area (Å²) in [6.07, 6.45) is 2.74. The van der Waals surface area contributed by atoms with Crippen molar-refractivity contribution < 1.29 is 8.42 Å². The van der Waals surface area contributed by atoms with Crippen LogP contribution in [0, 0.1) is 0 Å². The average Bonchev–Trinajstić information content (AvgIpc) is 2.33. The zero-order valence-corrected chi connectivity index (χ0v) is 12.6. The summed E-state index contributed by atoms with van der Waals surface area (Å²) in [4.78, 5) is 3.85. The standard InChI is InChI=1S/C11H9BrClN3O2S/c12-7-3-9(6-15-5-7)19(17,18)16-11-2-1-8(13)4-10(11)14/h1-6,16H,14H2. The molecule has 5 nitrogen and oxygen atoms in total. The van der Waals surface area contributed by atoms with Crippen LogP contribution < -0.4 is 10.5 Å². The topological polar surface area (TPSA) is 85.1 Å². The smallest absolute Gasteiger partial charge is 0.263 e. The van der Waals surface area contributed by atoms with Crippen LogP contribution in [-0.4, -0.2) is 13.4 Å². The van der Waals surface area contributed by atoms with E-state index < -0.39 is 10.0 Å². The minimum Gasteiger partial charge on any atom is -0.397 e. The molecule has 0 saturated heterocycles. The third-order valence-corrected chi connectivity index (χ3v) is 4.25. The van der Waals surface area contributed by atoms with Crippen LogP contribution in [0.2, 0.25) is 5.02 Å². The van der Waals surface area contributed by atoms with E-state index >= 15 is 0 Å². The molecule has 3 N–H and O–H groups in total. The lowest BCUT2D eigenvalue weighted by Gasteiger charge is -2.10. The number of nitrogens with zero attached hydrogens (tertiary/aromatic N) is 1. The SMILES string of the molecule is Nc1cc(Cl)ccc1NS(=O)(=O)c1cncc(Br)c1. The van der Waals surface area contributed by atoms with Crippen LogP contribution in [0.5, 0.6) is 0 Å². The number of pyridine rings is 1. The van der Waals surface area contributed by atoms with Crippen molar-refractivity contribution in [1.29, 1.82) is 0 Å². The number of halogens is 2. The summed E-state index contributed by atoms with van der Waals surface area (Å²) < 4.78 is 27.2. The largest absolute Gasteiger partial charge is 0.397 e. The number of nitrogens with one attached hydrogen (secondary N) is 1. The summed E-state index contributed by atoms with van der Waals surface area (Å²) in [7, 11) is -3.74. The number of hydrogen-bond donors (Lipinski definition) is 2. The molecule has 100 valence electrons. The Hall–Kier alpha value is -1.31. The van der Waals surface area contributed by atoms with Gasteiger partial charge >= 0.3 is 0 Å². The van der Waals surface area contributed by atoms with Gasteiger partial charge in [0.1, 0.15) is 4.90 Å². The average molecular weight is 363 g/mol. The van der Waals surface area contributed by atoms with Gasteiger partial charge in [0, 0.05) is 21.9 Å². The highest BCUT2D eigenvalue weighted by Crippen LogP contribution is 2.25. The first-order valence-corrected chi connectivity index (χ1v) is 7.72. The second-order valence-electron chi connectivity index (χ2n) is 3.68. The summed E-state index contributed by atoms with van der Waals surface area (Å²) in [5.74, 6) is 0. The van der Waals surface area contributed by atoms with Crippen LogP contribution >= 0.6 is 27.5 Å². The molecular weight excluding hydrogens is 354 g/mol. The van der Waals surface area contributed by atoms with Gasteiger partial charge in [-0.3, -0.25) is 9.71 Å². The first kappa shape index (κ1) is 14.1.